The highest BCUT2D eigenvalue weighted by Gasteiger charge is 2.52. The molecule has 3 heterocycles. The van der Waals surface area contributed by atoms with Gasteiger partial charge < -0.3 is 5.11 Å². The fourth-order valence-electron chi connectivity index (χ4n) is 3.02. The zero-order valence-corrected chi connectivity index (χ0v) is 13.5. The molecule has 2 aliphatic heterocycles. The van der Waals surface area contributed by atoms with E-state index in [1.165, 1.54) is 9.80 Å². The van der Waals surface area contributed by atoms with Crippen LogP contribution >= 0.6 is 0 Å². The summed E-state index contributed by atoms with van der Waals surface area (Å²) in [4.78, 5) is 32.3. The molecule has 0 aromatic carbocycles. The van der Waals surface area contributed by atoms with E-state index < -0.39 is 12.1 Å². The van der Waals surface area contributed by atoms with E-state index in [1.54, 1.807) is 18.5 Å². The summed E-state index contributed by atoms with van der Waals surface area (Å²) in [6.07, 6.45) is 1.83. The van der Waals surface area contributed by atoms with Gasteiger partial charge in [0.05, 0.1) is 19.7 Å². The number of rotatable bonds is 4. The van der Waals surface area contributed by atoms with Crippen molar-refractivity contribution >= 4 is 23.7 Å². The number of fused-ring (bicyclic) bond motifs is 3. The van der Waals surface area contributed by atoms with Gasteiger partial charge in [0.1, 0.15) is 11.9 Å². The van der Waals surface area contributed by atoms with Gasteiger partial charge in [0.2, 0.25) is 11.9 Å². The smallest absolute Gasteiger partial charge is 0.393 e. The zero-order valence-electron chi connectivity index (χ0n) is 13.5. The van der Waals surface area contributed by atoms with Crippen LogP contribution in [0.3, 0.4) is 0 Å². The molecule has 2 aliphatic rings. The van der Waals surface area contributed by atoms with Crippen molar-refractivity contribution in [3.63, 3.8) is 0 Å². The second-order valence-corrected chi connectivity index (χ2v) is 5.95. The summed E-state index contributed by atoms with van der Waals surface area (Å²) >= 11 is 0. The number of aryl methyl sites for hydroxylation is 1. The van der Waals surface area contributed by atoms with Crippen LogP contribution in [0.2, 0.25) is 0 Å². The van der Waals surface area contributed by atoms with Gasteiger partial charge in [0.25, 0.3) is 5.91 Å². The van der Waals surface area contributed by atoms with Crippen LogP contribution in [0, 0.1) is 6.92 Å². The highest BCUT2D eigenvalue weighted by molar-refractivity contribution is 6.19. The molecule has 0 aliphatic carbocycles. The molecular formula is C15H20N5O3+. The number of likely N-dealkylation sites (N-methyl/N-ethyl adjacent to an activating group) is 1. The molecule has 23 heavy (non-hydrogen) atoms. The third-order valence-corrected chi connectivity index (χ3v) is 4.07. The van der Waals surface area contributed by atoms with Gasteiger partial charge in [-0.05, 0) is 13.8 Å². The SMILES string of the molecule is C=C(C)CN1C(=O)C2C(=Nc3n(CCO)c(C)c[n+]32)N(C)C1=O. The monoisotopic (exact) mass is 318 g/mol. The molecule has 1 aromatic rings. The zero-order chi connectivity index (χ0) is 16.9. The summed E-state index contributed by atoms with van der Waals surface area (Å²) in [6, 6.07) is -1.05. The number of urea groups is 1. The molecule has 1 saturated heterocycles. The van der Waals surface area contributed by atoms with Crippen LogP contribution in [0.5, 0.6) is 0 Å². The van der Waals surface area contributed by atoms with E-state index in [-0.39, 0.29) is 19.1 Å². The van der Waals surface area contributed by atoms with E-state index in [9.17, 15) is 14.7 Å². The van der Waals surface area contributed by atoms with Crippen molar-refractivity contribution < 1.29 is 19.3 Å². The highest BCUT2D eigenvalue weighted by Crippen LogP contribution is 2.29. The number of hydrogen-bond donors (Lipinski definition) is 1. The van der Waals surface area contributed by atoms with Gasteiger partial charge in [-0.1, -0.05) is 17.1 Å². The number of imidazole rings is 1. The van der Waals surface area contributed by atoms with Gasteiger partial charge in [-0.3, -0.25) is 14.6 Å². The predicted octanol–water partition coefficient (Wildman–Crippen LogP) is 0.131. The van der Waals surface area contributed by atoms with Crippen molar-refractivity contribution in [3.05, 3.63) is 24.0 Å². The first kappa shape index (κ1) is 15.4. The number of aromatic nitrogens is 2. The summed E-state index contributed by atoms with van der Waals surface area (Å²) in [6.45, 7) is 8.01. The van der Waals surface area contributed by atoms with Gasteiger partial charge >= 0.3 is 12.0 Å². The summed E-state index contributed by atoms with van der Waals surface area (Å²) in [5.74, 6) is 0.682. The van der Waals surface area contributed by atoms with Crippen molar-refractivity contribution in [1.29, 1.82) is 0 Å². The van der Waals surface area contributed by atoms with Gasteiger partial charge in [-0.15, -0.1) is 0 Å². The lowest BCUT2D eigenvalue weighted by Crippen LogP contribution is -2.62. The molecule has 1 N–H and O–H groups in total. The molecule has 8 nitrogen and oxygen atoms in total. The van der Waals surface area contributed by atoms with E-state index >= 15 is 0 Å². The van der Waals surface area contributed by atoms with Crippen molar-refractivity contribution in [2.45, 2.75) is 26.4 Å². The third kappa shape index (κ3) is 2.17. The van der Waals surface area contributed by atoms with Gasteiger partial charge in [-0.25, -0.2) is 13.9 Å². The minimum absolute atomic E-state index is 0.0253. The van der Waals surface area contributed by atoms with E-state index in [1.807, 2.05) is 17.7 Å². The Kier molecular flexibility index (Phi) is 3.56. The molecule has 0 spiro atoms. The fraction of sp³-hybridized carbons (Fsp3) is 0.467. The lowest BCUT2D eigenvalue weighted by molar-refractivity contribution is -0.677. The van der Waals surface area contributed by atoms with Gasteiger partial charge in [-0.2, -0.15) is 0 Å². The highest BCUT2D eigenvalue weighted by atomic mass is 16.3. The lowest BCUT2D eigenvalue weighted by Gasteiger charge is -2.33. The Labute approximate surface area is 133 Å². The van der Waals surface area contributed by atoms with Crippen LogP contribution in [0.25, 0.3) is 0 Å². The Morgan fingerprint density at radius 1 is 1.48 bits per heavy atom. The first-order chi connectivity index (χ1) is 10.9. The summed E-state index contributed by atoms with van der Waals surface area (Å²) in [7, 11) is 1.61. The molecule has 1 aromatic heterocycles. The van der Waals surface area contributed by atoms with Crippen molar-refractivity contribution in [3.8, 4) is 0 Å². The Balaban J connectivity index is 2.07. The Hall–Kier alpha value is -2.48. The first-order valence-corrected chi connectivity index (χ1v) is 7.41. The van der Waals surface area contributed by atoms with Crippen molar-refractivity contribution in [1.82, 2.24) is 14.4 Å². The lowest BCUT2D eigenvalue weighted by atomic mass is 10.1. The molecule has 1 unspecified atom stereocenters. The number of hydrogen-bond acceptors (Lipinski definition) is 4. The summed E-state index contributed by atoms with van der Waals surface area (Å²) in [5, 5.41) is 9.21. The van der Waals surface area contributed by atoms with Crippen molar-refractivity contribution in [2.24, 2.45) is 4.99 Å². The van der Waals surface area contributed by atoms with Gasteiger partial charge in [0, 0.05) is 7.05 Å². The van der Waals surface area contributed by atoms with Crippen molar-refractivity contribution in [2.75, 3.05) is 20.2 Å². The molecule has 8 heteroatoms. The normalized spacial score (nSPS) is 19.8. The molecule has 0 bridgehead atoms. The number of nitrogens with zero attached hydrogens (tertiary/aromatic N) is 5. The quantitative estimate of drug-likeness (QED) is 0.633. The topological polar surface area (TPSA) is 82.0 Å². The number of carbonyl (C=O) groups is 2. The molecule has 3 rings (SSSR count). The maximum atomic E-state index is 12.8. The summed E-state index contributed by atoms with van der Waals surface area (Å²) in [5.41, 5.74) is 1.63. The average Bonchev–Trinajstić information content (AvgIpc) is 2.98. The van der Waals surface area contributed by atoms with Gasteiger partial charge in [0.15, 0.2) is 0 Å². The second-order valence-electron chi connectivity index (χ2n) is 5.95. The van der Waals surface area contributed by atoms with Crippen LogP contribution in [-0.2, 0) is 11.3 Å². The third-order valence-electron chi connectivity index (χ3n) is 4.07. The van der Waals surface area contributed by atoms with E-state index in [2.05, 4.69) is 11.6 Å². The number of amidine groups is 1. The van der Waals surface area contributed by atoms with Crippen LogP contribution in [0.4, 0.5) is 10.7 Å². The second kappa shape index (κ2) is 5.31. The molecule has 1 atom stereocenters. The van der Waals surface area contributed by atoms with Crippen LogP contribution in [0.1, 0.15) is 18.7 Å². The Morgan fingerprint density at radius 3 is 2.78 bits per heavy atom. The van der Waals surface area contributed by atoms with Crippen LogP contribution in [-0.4, -0.2) is 57.4 Å². The number of aliphatic hydroxyl groups is 1. The van der Waals surface area contributed by atoms with E-state index in [0.717, 1.165) is 11.3 Å². The largest absolute Gasteiger partial charge is 0.402 e. The average molecular weight is 318 g/mol. The minimum Gasteiger partial charge on any atom is -0.393 e. The first-order valence-electron chi connectivity index (χ1n) is 7.41. The van der Waals surface area contributed by atoms with E-state index in [0.29, 0.717) is 18.3 Å². The number of imide groups is 1. The maximum absolute atomic E-state index is 12.8. The number of aliphatic hydroxyl groups excluding tert-OH is 1. The van der Waals surface area contributed by atoms with Crippen LogP contribution in [0.15, 0.2) is 23.3 Å². The number of carbonyl (C=O) groups excluding carboxylic acids is 2. The van der Waals surface area contributed by atoms with Crippen LogP contribution < -0.4 is 4.57 Å². The molecular weight excluding hydrogens is 298 g/mol. The molecule has 3 amide bonds. The number of aliphatic imine (C=N–C) groups is 1. The molecule has 122 valence electrons. The Morgan fingerprint density at radius 2 is 2.17 bits per heavy atom. The molecule has 0 radical (unpaired) electrons. The van der Waals surface area contributed by atoms with E-state index in [4.69, 9.17) is 0 Å². The molecule has 1 fully saturated rings. The standard InChI is InChI=1S/C15H20N5O3/c1-9(2)7-20-13(22)11-12(17(4)15(20)23)16-14-18(5-6-21)10(3)8-19(11)14/h8,11,21H,1,5-7H2,2-4H3/q+1. The fourth-order valence-corrected chi connectivity index (χ4v) is 3.02. The summed E-state index contributed by atoms with van der Waals surface area (Å²) < 4.78 is 3.59. The maximum Gasteiger partial charge on any atom is 0.402 e. The Bertz CT molecular complexity index is 749. The number of amides is 3. The predicted molar refractivity (Wildman–Crippen MR) is 82.3 cm³/mol. The minimum atomic E-state index is -0.648. The molecule has 0 saturated carbocycles.